The van der Waals surface area contributed by atoms with Gasteiger partial charge in [-0.3, -0.25) is 19.5 Å². The molecule has 0 spiro atoms. The average molecular weight is 360 g/mol. The molecule has 0 aliphatic heterocycles. The second kappa shape index (κ2) is 8.71. The molecule has 0 unspecified atom stereocenters. The largest absolute Gasteiger partial charge is 0.347 e. The van der Waals surface area contributed by atoms with Gasteiger partial charge in [0.2, 0.25) is 5.91 Å². The van der Waals surface area contributed by atoms with Crippen LogP contribution in [0.5, 0.6) is 0 Å². The van der Waals surface area contributed by atoms with E-state index in [1.54, 1.807) is 24.2 Å². The Morgan fingerprint density at radius 2 is 2.12 bits per heavy atom. The third kappa shape index (κ3) is 5.35. The predicted octanol–water partition coefficient (Wildman–Crippen LogP) is 3.18. The van der Waals surface area contributed by atoms with Crippen molar-refractivity contribution in [2.45, 2.75) is 40.7 Å². The van der Waals surface area contributed by atoms with Crippen LogP contribution < -0.4 is 10.2 Å². The fraction of sp³-hybridized carbons (Fsp3) is 0.444. The Labute approximate surface area is 152 Å². The van der Waals surface area contributed by atoms with Crippen LogP contribution in [-0.4, -0.2) is 28.3 Å². The molecule has 0 radical (unpaired) electrons. The summed E-state index contributed by atoms with van der Waals surface area (Å²) >= 11 is 1.26. The van der Waals surface area contributed by atoms with Crippen molar-refractivity contribution < 1.29 is 9.59 Å². The number of pyridine rings is 1. The zero-order chi connectivity index (χ0) is 18.4. The minimum absolute atomic E-state index is 0.0586. The van der Waals surface area contributed by atoms with Gasteiger partial charge in [0.1, 0.15) is 4.88 Å². The van der Waals surface area contributed by atoms with Gasteiger partial charge < -0.3 is 5.32 Å². The number of anilines is 1. The number of thiazole rings is 1. The van der Waals surface area contributed by atoms with E-state index in [4.69, 9.17) is 0 Å². The summed E-state index contributed by atoms with van der Waals surface area (Å²) < 4.78 is 0. The van der Waals surface area contributed by atoms with Crippen LogP contribution in [0.15, 0.2) is 24.5 Å². The first-order valence-corrected chi connectivity index (χ1v) is 9.12. The van der Waals surface area contributed by atoms with Crippen molar-refractivity contribution in [3.63, 3.8) is 0 Å². The molecule has 7 heteroatoms. The number of aryl methyl sites for hydroxylation is 1. The zero-order valence-corrected chi connectivity index (χ0v) is 15.9. The van der Waals surface area contributed by atoms with E-state index in [1.807, 2.05) is 12.1 Å². The number of carbonyl (C=O) groups is 2. The SMILES string of the molecule is CC(=O)N(CCC(C)C)c1nc(C)c(C(=O)NCc2cccnc2)s1. The average Bonchev–Trinajstić information content (AvgIpc) is 2.94. The summed E-state index contributed by atoms with van der Waals surface area (Å²) in [6, 6.07) is 3.73. The van der Waals surface area contributed by atoms with E-state index in [0.717, 1.165) is 12.0 Å². The molecule has 2 aromatic rings. The van der Waals surface area contributed by atoms with Gasteiger partial charge in [-0.25, -0.2) is 4.98 Å². The molecule has 0 aliphatic carbocycles. The monoisotopic (exact) mass is 360 g/mol. The summed E-state index contributed by atoms with van der Waals surface area (Å²) in [5, 5.41) is 3.46. The molecule has 2 heterocycles. The molecule has 25 heavy (non-hydrogen) atoms. The number of nitrogens with one attached hydrogen (secondary N) is 1. The van der Waals surface area contributed by atoms with Crippen molar-refractivity contribution in [2.75, 3.05) is 11.4 Å². The lowest BCUT2D eigenvalue weighted by Gasteiger charge is -2.18. The number of carbonyl (C=O) groups excluding carboxylic acids is 2. The Hall–Kier alpha value is -2.28. The third-order valence-corrected chi connectivity index (χ3v) is 4.89. The summed E-state index contributed by atoms with van der Waals surface area (Å²) in [6.07, 6.45) is 4.30. The summed E-state index contributed by atoms with van der Waals surface area (Å²) in [5.74, 6) is 0.249. The highest BCUT2D eigenvalue weighted by atomic mass is 32.1. The molecule has 0 fully saturated rings. The zero-order valence-electron chi connectivity index (χ0n) is 15.1. The molecule has 134 valence electrons. The van der Waals surface area contributed by atoms with E-state index in [2.05, 4.69) is 29.1 Å². The molecule has 0 aromatic carbocycles. The highest BCUT2D eigenvalue weighted by molar-refractivity contribution is 7.17. The molecule has 0 atom stereocenters. The van der Waals surface area contributed by atoms with Gasteiger partial charge in [0.15, 0.2) is 5.13 Å². The van der Waals surface area contributed by atoms with E-state index in [0.29, 0.717) is 34.7 Å². The Kier molecular flexibility index (Phi) is 6.64. The van der Waals surface area contributed by atoms with Crippen LogP contribution in [0, 0.1) is 12.8 Å². The number of aromatic nitrogens is 2. The first-order chi connectivity index (χ1) is 11.9. The van der Waals surface area contributed by atoms with Crippen LogP contribution in [0.1, 0.15) is 48.1 Å². The van der Waals surface area contributed by atoms with Crippen molar-refractivity contribution in [2.24, 2.45) is 5.92 Å². The number of hydrogen-bond donors (Lipinski definition) is 1. The van der Waals surface area contributed by atoms with Crippen LogP contribution in [0.3, 0.4) is 0 Å². The van der Waals surface area contributed by atoms with Crippen molar-refractivity contribution in [3.8, 4) is 0 Å². The van der Waals surface area contributed by atoms with Crippen molar-refractivity contribution in [1.82, 2.24) is 15.3 Å². The molecule has 2 amide bonds. The van der Waals surface area contributed by atoms with Gasteiger partial charge in [-0.2, -0.15) is 0 Å². The van der Waals surface area contributed by atoms with E-state index in [9.17, 15) is 9.59 Å². The van der Waals surface area contributed by atoms with Gasteiger partial charge >= 0.3 is 0 Å². The van der Waals surface area contributed by atoms with Gasteiger partial charge in [0, 0.05) is 32.4 Å². The first-order valence-electron chi connectivity index (χ1n) is 8.31. The van der Waals surface area contributed by atoms with E-state index in [-0.39, 0.29) is 11.8 Å². The molecular weight excluding hydrogens is 336 g/mol. The first kappa shape index (κ1) is 19.1. The molecule has 0 saturated heterocycles. The second-order valence-electron chi connectivity index (χ2n) is 6.31. The molecular formula is C18H24N4O2S. The highest BCUT2D eigenvalue weighted by Gasteiger charge is 2.21. The lowest BCUT2D eigenvalue weighted by Crippen LogP contribution is -2.30. The topological polar surface area (TPSA) is 75.2 Å². The predicted molar refractivity (Wildman–Crippen MR) is 99.7 cm³/mol. The quantitative estimate of drug-likeness (QED) is 0.823. The summed E-state index contributed by atoms with van der Waals surface area (Å²) in [5.41, 5.74) is 1.57. The van der Waals surface area contributed by atoms with Crippen LogP contribution >= 0.6 is 11.3 Å². The van der Waals surface area contributed by atoms with Crippen LogP contribution in [-0.2, 0) is 11.3 Å². The lowest BCUT2D eigenvalue weighted by atomic mass is 10.1. The lowest BCUT2D eigenvalue weighted by molar-refractivity contribution is -0.116. The smallest absolute Gasteiger partial charge is 0.263 e. The molecule has 1 N–H and O–H groups in total. The minimum Gasteiger partial charge on any atom is -0.347 e. The molecule has 0 bridgehead atoms. The molecule has 6 nitrogen and oxygen atoms in total. The Bertz CT molecular complexity index is 728. The molecule has 0 aliphatic rings. The number of amides is 2. The van der Waals surface area contributed by atoms with Crippen LogP contribution in [0.2, 0.25) is 0 Å². The fourth-order valence-corrected chi connectivity index (χ4v) is 3.30. The fourth-order valence-electron chi connectivity index (χ4n) is 2.25. The van der Waals surface area contributed by atoms with Crippen LogP contribution in [0.25, 0.3) is 0 Å². The maximum absolute atomic E-state index is 12.4. The van der Waals surface area contributed by atoms with Gasteiger partial charge in [-0.1, -0.05) is 31.3 Å². The maximum atomic E-state index is 12.4. The van der Waals surface area contributed by atoms with E-state index >= 15 is 0 Å². The van der Waals surface area contributed by atoms with Crippen molar-refractivity contribution >= 4 is 28.3 Å². The second-order valence-corrected chi connectivity index (χ2v) is 7.29. The molecule has 0 saturated carbocycles. The highest BCUT2D eigenvalue weighted by Crippen LogP contribution is 2.27. The van der Waals surface area contributed by atoms with Gasteiger partial charge in [0.05, 0.1) is 5.69 Å². The normalized spacial score (nSPS) is 10.8. The standard InChI is InChI=1S/C18H24N4O2S/c1-12(2)7-9-22(14(4)23)18-21-13(3)16(25-18)17(24)20-11-15-6-5-8-19-10-15/h5-6,8,10,12H,7,9,11H2,1-4H3,(H,20,24). The van der Waals surface area contributed by atoms with Crippen molar-refractivity contribution in [1.29, 1.82) is 0 Å². The number of hydrogen-bond acceptors (Lipinski definition) is 5. The van der Waals surface area contributed by atoms with Gasteiger partial charge in [0.25, 0.3) is 5.91 Å². The van der Waals surface area contributed by atoms with E-state index < -0.39 is 0 Å². The Morgan fingerprint density at radius 1 is 1.36 bits per heavy atom. The number of nitrogens with zero attached hydrogens (tertiary/aromatic N) is 3. The summed E-state index contributed by atoms with van der Waals surface area (Å²) in [7, 11) is 0. The Morgan fingerprint density at radius 3 is 2.72 bits per heavy atom. The van der Waals surface area contributed by atoms with E-state index in [1.165, 1.54) is 18.3 Å². The summed E-state index contributed by atoms with van der Waals surface area (Å²) in [4.78, 5) is 35.0. The van der Waals surface area contributed by atoms with Gasteiger partial charge in [-0.15, -0.1) is 0 Å². The minimum atomic E-state index is -0.183. The molecule has 2 aromatic heterocycles. The number of rotatable bonds is 7. The summed E-state index contributed by atoms with van der Waals surface area (Å²) in [6.45, 7) is 8.56. The third-order valence-electron chi connectivity index (χ3n) is 3.71. The van der Waals surface area contributed by atoms with Gasteiger partial charge in [-0.05, 0) is 30.9 Å². The van der Waals surface area contributed by atoms with Crippen molar-refractivity contribution in [3.05, 3.63) is 40.7 Å². The maximum Gasteiger partial charge on any atom is 0.263 e. The van der Waals surface area contributed by atoms with Crippen LogP contribution in [0.4, 0.5) is 5.13 Å². The molecule has 2 rings (SSSR count). The Balaban J connectivity index is 2.09.